The van der Waals surface area contributed by atoms with Gasteiger partial charge < -0.3 is 15.7 Å². The van der Waals surface area contributed by atoms with Crippen molar-refractivity contribution in [2.45, 2.75) is 56.7 Å². The van der Waals surface area contributed by atoms with Crippen molar-refractivity contribution in [2.24, 2.45) is 0 Å². The van der Waals surface area contributed by atoms with Gasteiger partial charge in [0.05, 0.1) is 6.10 Å². The van der Waals surface area contributed by atoms with Gasteiger partial charge in [-0.05, 0) is 37.8 Å². The van der Waals surface area contributed by atoms with Gasteiger partial charge in [0.25, 0.3) is 0 Å². The largest absolute Gasteiger partial charge is 0.391 e. The lowest BCUT2D eigenvalue weighted by Crippen LogP contribution is -2.52. The number of nitrogens with one attached hydrogen (secondary N) is 2. The van der Waals surface area contributed by atoms with Crippen molar-refractivity contribution >= 4 is 11.7 Å². The van der Waals surface area contributed by atoms with E-state index in [0.717, 1.165) is 50.9 Å². The molecule has 1 aromatic rings. The highest BCUT2D eigenvalue weighted by atomic mass is 16.3. The maximum absolute atomic E-state index is 12.0. The first-order valence-corrected chi connectivity index (χ1v) is 8.62. The molecule has 2 heterocycles. The minimum Gasteiger partial charge on any atom is -0.391 e. The van der Waals surface area contributed by atoms with Crippen LogP contribution in [-0.4, -0.2) is 52.3 Å². The van der Waals surface area contributed by atoms with Crippen LogP contribution in [0.3, 0.4) is 0 Å². The van der Waals surface area contributed by atoms with Crippen molar-refractivity contribution in [1.82, 2.24) is 15.2 Å². The van der Waals surface area contributed by atoms with Gasteiger partial charge in [0.1, 0.15) is 0 Å². The molecule has 0 radical (unpaired) electrons. The van der Waals surface area contributed by atoms with E-state index in [9.17, 15) is 9.90 Å². The number of pyridine rings is 1. The number of aliphatic hydroxyl groups is 1. The van der Waals surface area contributed by atoms with Gasteiger partial charge in [-0.3, -0.25) is 9.88 Å². The van der Waals surface area contributed by atoms with Gasteiger partial charge in [0, 0.05) is 43.3 Å². The highest BCUT2D eigenvalue weighted by Crippen LogP contribution is 2.25. The number of hydrogen-bond acceptors (Lipinski definition) is 4. The molecule has 2 amide bonds. The highest BCUT2D eigenvalue weighted by molar-refractivity contribution is 5.89. The van der Waals surface area contributed by atoms with Gasteiger partial charge in [-0.1, -0.05) is 12.8 Å². The molecule has 2 atom stereocenters. The summed E-state index contributed by atoms with van der Waals surface area (Å²) < 4.78 is 0. The maximum atomic E-state index is 12.0. The number of carbonyl (C=O) groups is 1. The van der Waals surface area contributed by atoms with E-state index in [4.69, 9.17) is 0 Å². The number of rotatable bonds is 3. The zero-order chi connectivity index (χ0) is 16.1. The van der Waals surface area contributed by atoms with Crippen LogP contribution in [0.4, 0.5) is 10.5 Å². The second-order valence-corrected chi connectivity index (χ2v) is 6.56. The van der Waals surface area contributed by atoms with Gasteiger partial charge >= 0.3 is 6.03 Å². The van der Waals surface area contributed by atoms with Gasteiger partial charge in [0.15, 0.2) is 0 Å². The lowest BCUT2D eigenvalue weighted by Gasteiger charge is -2.41. The van der Waals surface area contributed by atoms with Gasteiger partial charge in [-0.25, -0.2) is 4.79 Å². The third kappa shape index (κ3) is 4.42. The summed E-state index contributed by atoms with van der Waals surface area (Å²) in [5, 5.41) is 16.0. The van der Waals surface area contributed by atoms with E-state index in [-0.39, 0.29) is 18.2 Å². The molecule has 6 nitrogen and oxygen atoms in total. The summed E-state index contributed by atoms with van der Waals surface area (Å²) in [5.41, 5.74) is 0.750. The lowest BCUT2D eigenvalue weighted by molar-refractivity contribution is 0.00786. The van der Waals surface area contributed by atoms with Crippen LogP contribution >= 0.6 is 0 Å². The standard InChI is InChI=1S/C17H26N4O2/c22-16-4-2-1-3-15(16)21-11-7-14(8-12-21)20-17(23)19-13-5-9-18-10-6-13/h5-6,9-10,14-16,22H,1-4,7-8,11-12H2,(H2,18,19,20,23). The van der Waals surface area contributed by atoms with E-state index < -0.39 is 0 Å². The average molecular weight is 318 g/mol. The summed E-state index contributed by atoms with van der Waals surface area (Å²) in [6, 6.07) is 3.90. The molecule has 2 aliphatic rings. The van der Waals surface area contributed by atoms with Crippen LogP contribution in [-0.2, 0) is 0 Å². The molecule has 126 valence electrons. The number of aromatic nitrogens is 1. The molecule has 0 bridgehead atoms. The Morgan fingerprint density at radius 2 is 1.83 bits per heavy atom. The number of piperidine rings is 1. The van der Waals surface area contributed by atoms with E-state index in [0.29, 0.717) is 6.04 Å². The van der Waals surface area contributed by atoms with Crippen LogP contribution in [0, 0.1) is 0 Å². The number of hydrogen-bond donors (Lipinski definition) is 3. The summed E-state index contributed by atoms with van der Waals surface area (Å²) in [4.78, 5) is 18.4. The van der Waals surface area contributed by atoms with Crippen LogP contribution in [0.15, 0.2) is 24.5 Å². The molecular weight excluding hydrogens is 292 g/mol. The quantitative estimate of drug-likeness (QED) is 0.796. The normalized spacial score (nSPS) is 26.7. The molecule has 0 aromatic carbocycles. The summed E-state index contributed by atoms with van der Waals surface area (Å²) in [6.45, 7) is 1.89. The monoisotopic (exact) mass is 318 g/mol. The van der Waals surface area contributed by atoms with E-state index in [1.807, 2.05) is 0 Å². The maximum Gasteiger partial charge on any atom is 0.319 e. The summed E-state index contributed by atoms with van der Waals surface area (Å²) >= 11 is 0. The van der Waals surface area contributed by atoms with Crippen molar-refractivity contribution in [1.29, 1.82) is 0 Å². The molecule has 3 rings (SSSR count). The zero-order valence-corrected chi connectivity index (χ0v) is 13.4. The number of carbonyl (C=O) groups excluding carboxylic acids is 1. The first kappa shape index (κ1) is 16.2. The number of amides is 2. The summed E-state index contributed by atoms with van der Waals surface area (Å²) in [5.74, 6) is 0. The first-order valence-electron chi connectivity index (χ1n) is 8.62. The molecule has 1 aliphatic carbocycles. The van der Waals surface area contributed by atoms with Crippen molar-refractivity contribution < 1.29 is 9.90 Å². The highest BCUT2D eigenvalue weighted by Gasteiger charge is 2.31. The van der Waals surface area contributed by atoms with Crippen molar-refractivity contribution in [3.05, 3.63) is 24.5 Å². The van der Waals surface area contributed by atoms with Gasteiger partial charge in [-0.15, -0.1) is 0 Å². The fraction of sp³-hybridized carbons (Fsp3) is 0.647. The van der Waals surface area contributed by atoms with Crippen LogP contribution in [0.1, 0.15) is 38.5 Å². The Kier molecular flexibility index (Phi) is 5.46. The predicted molar refractivity (Wildman–Crippen MR) is 89.2 cm³/mol. The van der Waals surface area contributed by atoms with E-state index >= 15 is 0 Å². The Morgan fingerprint density at radius 1 is 1.13 bits per heavy atom. The molecule has 3 N–H and O–H groups in total. The fourth-order valence-electron chi connectivity index (χ4n) is 3.68. The molecule has 2 fully saturated rings. The minimum atomic E-state index is -0.178. The van der Waals surface area contributed by atoms with E-state index in [1.165, 1.54) is 6.42 Å². The number of likely N-dealkylation sites (tertiary alicyclic amines) is 1. The number of aliphatic hydroxyl groups excluding tert-OH is 1. The SMILES string of the molecule is O=C(Nc1ccncc1)NC1CCN(C2CCCCC2O)CC1. The Morgan fingerprint density at radius 3 is 2.52 bits per heavy atom. The van der Waals surface area contributed by atoms with Crippen molar-refractivity contribution in [3.63, 3.8) is 0 Å². The Bertz CT molecular complexity index is 503. The Hall–Kier alpha value is -1.66. The smallest absolute Gasteiger partial charge is 0.319 e. The molecule has 1 aliphatic heterocycles. The second kappa shape index (κ2) is 7.75. The molecule has 2 unspecified atom stereocenters. The number of anilines is 1. The average Bonchev–Trinajstić information content (AvgIpc) is 2.57. The van der Waals surface area contributed by atoms with Crippen LogP contribution in [0.2, 0.25) is 0 Å². The molecular formula is C17H26N4O2. The molecule has 1 saturated heterocycles. The van der Waals surface area contributed by atoms with E-state index in [2.05, 4.69) is 20.5 Å². The van der Waals surface area contributed by atoms with Crippen molar-refractivity contribution in [2.75, 3.05) is 18.4 Å². The number of nitrogens with zero attached hydrogens (tertiary/aromatic N) is 2. The summed E-state index contributed by atoms with van der Waals surface area (Å²) in [6.07, 6.45) is 9.40. The van der Waals surface area contributed by atoms with Crippen LogP contribution in [0.5, 0.6) is 0 Å². The Balaban J connectivity index is 1.43. The summed E-state index contributed by atoms with van der Waals surface area (Å²) in [7, 11) is 0. The molecule has 1 saturated carbocycles. The lowest BCUT2D eigenvalue weighted by atomic mass is 9.89. The molecule has 1 aromatic heterocycles. The zero-order valence-electron chi connectivity index (χ0n) is 13.4. The second-order valence-electron chi connectivity index (χ2n) is 6.56. The third-order valence-electron chi connectivity index (χ3n) is 4.97. The topological polar surface area (TPSA) is 77.5 Å². The van der Waals surface area contributed by atoms with E-state index in [1.54, 1.807) is 24.5 Å². The molecule has 23 heavy (non-hydrogen) atoms. The van der Waals surface area contributed by atoms with Gasteiger partial charge in [-0.2, -0.15) is 0 Å². The minimum absolute atomic E-state index is 0.160. The fourth-order valence-corrected chi connectivity index (χ4v) is 3.68. The van der Waals surface area contributed by atoms with Crippen LogP contribution < -0.4 is 10.6 Å². The van der Waals surface area contributed by atoms with Crippen molar-refractivity contribution in [3.8, 4) is 0 Å². The van der Waals surface area contributed by atoms with Crippen LogP contribution in [0.25, 0.3) is 0 Å². The third-order valence-corrected chi connectivity index (χ3v) is 4.97. The number of urea groups is 1. The molecule has 6 heteroatoms. The predicted octanol–water partition coefficient (Wildman–Crippen LogP) is 1.97. The van der Waals surface area contributed by atoms with Gasteiger partial charge in [0.2, 0.25) is 0 Å². The first-order chi connectivity index (χ1) is 11.2. The molecule has 0 spiro atoms. The Labute approximate surface area is 137 Å².